The smallest absolute Gasteiger partial charge is 0.332 e. The molecule has 5 nitrogen and oxygen atoms in total. The molecule has 0 radical (unpaired) electrons. The zero-order valence-corrected chi connectivity index (χ0v) is 24.1. The van der Waals surface area contributed by atoms with Crippen LogP contribution in [-0.4, -0.2) is 14.4 Å². The number of ether oxygens (including phenoxy) is 1. The topological polar surface area (TPSA) is 68.1 Å². The summed E-state index contributed by atoms with van der Waals surface area (Å²) in [6.07, 6.45) is 0. The van der Waals surface area contributed by atoms with E-state index in [1.165, 1.54) is 12.1 Å². The van der Waals surface area contributed by atoms with Gasteiger partial charge in [-0.3, -0.25) is 0 Å². The van der Waals surface area contributed by atoms with E-state index in [0.29, 0.717) is 10.8 Å². The van der Waals surface area contributed by atoms with E-state index < -0.39 is 17.1 Å². The van der Waals surface area contributed by atoms with Crippen molar-refractivity contribution in [1.82, 2.24) is 0 Å². The molecule has 5 rings (SSSR count). The maximum absolute atomic E-state index is 13.6. The van der Waals surface area contributed by atoms with Gasteiger partial charge >= 0.3 is 6.02 Å². The van der Waals surface area contributed by atoms with Crippen molar-refractivity contribution in [2.24, 2.45) is 9.14 Å². The van der Waals surface area contributed by atoms with Crippen LogP contribution in [0.4, 0.5) is 0 Å². The summed E-state index contributed by atoms with van der Waals surface area (Å²) in [6, 6.07) is 42.4. The molecule has 0 heterocycles. The predicted molar refractivity (Wildman–Crippen MR) is 165 cm³/mol. The van der Waals surface area contributed by atoms with Crippen LogP contribution in [-0.2, 0) is 10.0 Å². The highest BCUT2D eigenvalue weighted by atomic mass is 35.5. The molecular formula is C32H26ClN2O3PS. The van der Waals surface area contributed by atoms with E-state index in [9.17, 15) is 8.42 Å². The Labute approximate surface area is 239 Å². The van der Waals surface area contributed by atoms with Crippen molar-refractivity contribution in [3.63, 3.8) is 0 Å². The second-order valence-corrected chi connectivity index (χ2v) is 14.0. The van der Waals surface area contributed by atoms with Gasteiger partial charge in [-0.05, 0) is 43.3 Å². The van der Waals surface area contributed by atoms with Crippen LogP contribution in [0.3, 0.4) is 0 Å². The highest BCUT2D eigenvalue weighted by Crippen LogP contribution is 2.46. The molecule has 0 fully saturated rings. The first-order chi connectivity index (χ1) is 19.4. The first kappa shape index (κ1) is 27.6. The van der Waals surface area contributed by atoms with Crippen molar-refractivity contribution < 1.29 is 13.2 Å². The third kappa shape index (κ3) is 6.10. The molecule has 0 aliphatic heterocycles. The number of nitrogens with zero attached hydrogens (tertiary/aromatic N) is 2. The number of benzene rings is 5. The second kappa shape index (κ2) is 12.1. The first-order valence-corrected chi connectivity index (χ1v) is 16.1. The summed E-state index contributed by atoms with van der Waals surface area (Å²) in [5.74, 6) is 0.360. The Morgan fingerprint density at radius 1 is 0.650 bits per heavy atom. The SMILES string of the molecule is Cc1ccc(S(=O)(=O)/N=C(/N=P(c2ccccc2)(c2ccccc2)c2ccccc2)Oc2ccc(Cl)cc2)cc1. The standard InChI is InChI=1S/C32H26ClN2O3PS/c1-25-17-23-31(24-18-25)40(36,37)35-32(38-27-21-19-26(33)20-22-27)34-39(28-11-5-2-6-12-28,29-13-7-3-8-14-29)30-15-9-4-10-16-30/h2-24H,1H3/b35-32-. The zero-order valence-electron chi connectivity index (χ0n) is 21.6. The molecule has 5 aromatic rings. The van der Waals surface area contributed by atoms with Crippen molar-refractivity contribution >= 4 is 50.6 Å². The molecule has 0 atom stereocenters. The summed E-state index contributed by atoms with van der Waals surface area (Å²) in [6.45, 7) is 1.89. The highest BCUT2D eigenvalue weighted by molar-refractivity contribution is 7.90. The van der Waals surface area contributed by atoms with Gasteiger partial charge in [0.1, 0.15) is 5.75 Å². The molecule has 0 unspecified atom stereocenters. The summed E-state index contributed by atoms with van der Waals surface area (Å²) >= 11 is 6.09. The average molecular weight is 585 g/mol. The van der Waals surface area contributed by atoms with Crippen LogP contribution >= 0.6 is 18.7 Å². The van der Waals surface area contributed by atoms with Crippen LogP contribution in [0, 0.1) is 6.92 Å². The molecule has 8 heteroatoms. The molecule has 0 aromatic heterocycles. The Bertz CT molecular complexity index is 1670. The molecular weight excluding hydrogens is 559 g/mol. The molecule has 0 amide bonds. The number of halogens is 1. The number of hydrogen-bond donors (Lipinski definition) is 0. The predicted octanol–water partition coefficient (Wildman–Crippen LogP) is 6.95. The van der Waals surface area contributed by atoms with Gasteiger partial charge < -0.3 is 4.74 Å². The average Bonchev–Trinajstić information content (AvgIpc) is 2.98. The minimum Gasteiger partial charge on any atom is -0.424 e. The number of rotatable bonds is 6. The van der Waals surface area contributed by atoms with Crippen molar-refractivity contribution in [3.8, 4) is 5.75 Å². The Kier molecular flexibility index (Phi) is 8.32. The summed E-state index contributed by atoms with van der Waals surface area (Å²) < 4.78 is 42.6. The normalized spacial score (nSPS) is 12.1. The van der Waals surface area contributed by atoms with Crippen LogP contribution in [0.15, 0.2) is 154 Å². The molecule has 40 heavy (non-hydrogen) atoms. The minimum atomic E-state index is -4.16. The molecule has 0 aliphatic carbocycles. The van der Waals surface area contributed by atoms with E-state index in [4.69, 9.17) is 21.1 Å². The first-order valence-electron chi connectivity index (χ1n) is 12.5. The second-order valence-electron chi connectivity index (χ2n) is 8.96. The summed E-state index contributed by atoms with van der Waals surface area (Å²) in [5, 5.41) is 3.29. The monoisotopic (exact) mass is 584 g/mol. The number of sulfonamides is 1. The number of aryl methyl sites for hydroxylation is 1. The fourth-order valence-electron chi connectivity index (χ4n) is 4.21. The fraction of sp³-hybridized carbons (Fsp3) is 0.0312. The lowest BCUT2D eigenvalue weighted by molar-refractivity contribution is 0.542. The number of hydrogen-bond acceptors (Lipinski definition) is 3. The third-order valence-corrected chi connectivity index (χ3v) is 11.3. The molecule has 0 aliphatic rings. The molecule has 0 bridgehead atoms. The van der Waals surface area contributed by atoms with E-state index >= 15 is 0 Å². The largest absolute Gasteiger partial charge is 0.424 e. The van der Waals surface area contributed by atoms with E-state index in [2.05, 4.69) is 4.40 Å². The lowest BCUT2D eigenvalue weighted by atomic mass is 10.2. The third-order valence-electron chi connectivity index (χ3n) is 6.17. The Morgan fingerprint density at radius 3 is 1.55 bits per heavy atom. The van der Waals surface area contributed by atoms with Gasteiger partial charge in [0.15, 0.2) is 0 Å². The molecule has 5 aromatic carbocycles. The van der Waals surface area contributed by atoms with Crippen molar-refractivity contribution in [2.45, 2.75) is 11.8 Å². The maximum atomic E-state index is 13.6. The Hall–Kier alpha value is -3.96. The van der Waals surface area contributed by atoms with Crippen LogP contribution in [0.2, 0.25) is 5.02 Å². The lowest BCUT2D eigenvalue weighted by Gasteiger charge is -2.26. The minimum absolute atomic E-state index is 0.0496. The summed E-state index contributed by atoms with van der Waals surface area (Å²) in [4.78, 5) is 0.0496. The van der Waals surface area contributed by atoms with Gasteiger partial charge in [0.05, 0.1) is 11.9 Å². The Balaban J connectivity index is 1.84. The van der Waals surface area contributed by atoms with Gasteiger partial charge in [0.2, 0.25) is 0 Å². The maximum Gasteiger partial charge on any atom is 0.332 e. The van der Waals surface area contributed by atoms with Gasteiger partial charge in [-0.25, -0.2) is 4.74 Å². The van der Waals surface area contributed by atoms with Gasteiger partial charge in [-0.15, -0.1) is 4.40 Å². The van der Waals surface area contributed by atoms with Gasteiger partial charge in [-0.2, -0.15) is 8.42 Å². The van der Waals surface area contributed by atoms with Crippen molar-refractivity contribution in [1.29, 1.82) is 0 Å². The van der Waals surface area contributed by atoms with Crippen molar-refractivity contribution in [3.05, 3.63) is 150 Å². The van der Waals surface area contributed by atoms with E-state index in [1.807, 2.05) is 97.9 Å². The zero-order chi connectivity index (χ0) is 28.0. The number of amidine groups is 1. The van der Waals surface area contributed by atoms with Crippen LogP contribution in [0.5, 0.6) is 5.75 Å². The van der Waals surface area contributed by atoms with Gasteiger partial charge in [0.25, 0.3) is 10.0 Å². The van der Waals surface area contributed by atoms with Crippen LogP contribution in [0.25, 0.3) is 0 Å². The van der Waals surface area contributed by atoms with Crippen LogP contribution < -0.4 is 20.7 Å². The van der Waals surface area contributed by atoms with Gasteiger partial charge in [0, 0.05) is 20.9 Å². The molecule has 200 valence electrons. The highest BCUT2D eigenvalue weighted by Gasteiger charge is 2.29. The fourth-order valence-corrected chi connectivity index (χ4v) is 8.66. The van der Waals surface area contributed by atoms with Crippen molar-refractivity contribution in [2.75, 3.05) is 0 Å². The molecule has 0 saturated heterocycles. The van der Waals surface area contributed by atoms with E-state index in [1.54, 1.807) is 36.4 Å². The molecule has 0 spiro atoms. The lowest BCUT2D eigenvalue weighted by Crippen LogP contribution is -2.27. The summed E-state index contributed by atoms with van der Waals surface area (Å²) in [7, 11) is -7.03. The van der Waals surface area contributed by atoms with Gasteiger partial charge in [-0.1, -0.05) is 120 Å². The molecule has 0 saturated carbocycles. The van der Waals surface area contributed by atoms with Crippen LogP contribution in [0.1, 0.15) is 5.56 Å². The Morgan fingerprint density at radius 2 is 1.10 bits per heavy atom. The van der Waals surface area contributed by atoms with E-state index in [-0.39, 0.29) is 10.9 Å². The molecule has 0 N–H and O–H groups in total. The quantitative estimate of drug-likeness (QED) is 0.123. The summed E-state index contributed by atoms with van der Waals surface area (Å²) in [5.41, 5.74) is 0.937. The van der Waals surface area contributed by atoms with E-state index in [0.717, 1.165) is 21.5 Å².